The Kier molecular flexibility index (Phi) is 11.5. The fraction of sp³-hybridized carbons (Fsp3) is 0.655. The summed E-state index contributed by atoms with van der Waals surface area (Å²) in [4.78, 5) is 30.4. The van der Waals surface area contributed by atoms with Crippen LogP contribution in [0.5, 0.6) is 5.75 Å². The molecule has 232 valence electrons. The lowest BCUT2D eigenvalue weighted by Gasteiger charge is -2.37. The molecule has 4 atom stereocenters. The minimum Gasteiger partial charge on any atom is -0.506 e. The molecule has 42 heavy (non-hydrogen) atoms. The van der Waals surface area contributed by atoms with Crippen LogP contribution >= 0.6 is 0 Å². The van der Waals surface area contributed by atoms with Gasteiger partial charge in [0.1, 0.15) is 5.75 Å². The number of hydrogen-bond donors (Lipinski definition) is 7. The highest BCUT2D eigenvalue weighted by Crippen LogP contribution is 2.29. The quantitative estimate of drug-likeness (QED) is 0.133. The Hall–Kier alpha value is -3.26. The molecule has 0 radical (unpaired) electrons. The summed E-state index contributed by atoms with van der Waals surface area (Å²) >= 11 is 0. The molecule has 0 bridgehead atoms. The SMILES string of the molecule is CCCCCCCCCC(=O)Nc1ccc(Nc2nc(N3C[C@H](N)C[C@H](N)C3)nc(N3C[C@H](N)C[C@H](N)C3)n2)cc1O. The molecule has 1 aromatic carbocycles. The van der Waals surface area contributed by atoms with E-state index in [1.807, 2.05) is 9.80 Å². The van der Waals surface area contributed by atoms with E-state index in [0.29, 0.717) is 61.8 Å². The highest BCUT2D eigenvalue weighted by molar-refractivity contribution is 5.92. The molecule has 0 spiro atoms. The van der Waals surface area contributed by atoms with E-state index in [1.54, 1.807) is 12.1 Å². The van der Waals surface area contributed by atoms with Gasteiger partial charge in [-0.3, -0.25) is 4.79 Å². The van der Waals surface area contributed by atoms with Gasteiger partial charge in [0.15, 0.2) is 0 Å². The summed E-state index contributed by atoms with van der Waals surface area (Å²) < 4.78 is 0. The highest BCUT2D eigenvalue weighted by atomic mass is 16.3. The summed E-state index contributed by atoms with van der Waals surface area (Å²) in [5.41, 5.74) is 25.9. The zero-order valence-corrected chi connectivity index (χ0v) is 24.8. The minimum absolute atomic E-state index is 0.0524. The predicted molar refractivity (Wildman–Crippen MR) is 168 cm³/mol. The first-order chi connectivity index (χ1) is 20.2. The van der Waals surface area contributed by atoms with Crippen molar-refractivity contribution in [1.29, 1.82) is 0 Å². The van der Waals surface area contributed by atoms with Gasteiger partial charge in [-0.2, -0.15) is 15.0 Å². The lowest BCUT2D eigenvalue weighted by Crippen LogP contribution is -2.54. The van der Waals surface area contributed by atoms with Crippen LogP contribution in [0.4, 0.5) is 29.2 Å². The number of rotatable bonds is 13. The zero-order valence-electron chi connectivity index (χ0n) is 24.8. The first-order valence-electron chi connectivity index (χ1n) is 15.4. The van der Waals surface area contributed by atoms with Crippen LogP contribution < -0.4 is 43.4 Å². The maximum absolute atomic E-state index is 12.4. The molecule has 0 saturated carbocycles. The summed E-state index contributed by atoms with van der Waals surface area (Å²) in [6.45, 7) is 4.49. The average Bonchev–Trinajstić information content (AvgIpc) is 2.93. The lowest BCUT2D eigenvalue weighted by atomic mass is 10.0. The van der Waals surface area contributed by atoms with Crippen molar-refractivity contribution in [2.45, 2.75) is 95.3 Å². The molecular weight excluding hydrogens is 534 g/mol. The summed E-state index contributed by atoms with van der Waals surface area (Å²) in [6.07, 6.45) is 9.87. The molecule has 4 rings (SSSR count). The summed E-state index contributed by atoms with van der Waals surface area (Å²) in [5, 5.41) is 16.7. The molecular formula is C29H49N11O2. The number of aromatic nitrogens is 3. The van der Waals surface area contributed by atoms with E-state index in [9.17, 15) is 9.90 Å². The number of aromatic hydroxyl groups is 1. The van der Waals surface area contributed by atoms with E-state index in [0.717, 1.165) is 32.1 Å². The van der Waals surface area contributed by atoms with Gasteiger partial charge in [0, 0.05) is 68.5 Å². The summed E-state index contributed by atoms with van der Waals surface area (Å²) in [5.74, 6) is 1.05. The van der Waals surface area contributed by atoms with E-state index in [1.165, 1.54) is 31.7 Å². The van der Waals surface area contributed by atoms with Crippen molar-refractivity contribution in [1.82, 2.24) is 15.0 Å². The maximum atomic E-state index is 12.4. The molecule has 13 heteroatoms. The van der Waals surface area contributed by atoms with Gasteiger partial charge in [0.25, 0.3) is 0 Å². The average molecular weight is 584 g/mol. The highest BCUT2D eigenvalue weighted by Gasteiger charge is 2.28. The van der Waals surface area contributed by atoms with Crippen molar-refractivity contribution in [3.05, 3.63) is 18.2 Å². The Morgan fingerprint density at radius 3 is 1.88 bits per heavy atom. The summed E-state index contributed by atoms with van der Waals surface area (Å²) in [6, 6.07) is 4.59. The van der Waals surface area contributed by atoms with Gasteiger partial charge in [0.2, 0.25) is 23.8 Å². The number of piperidine rings is 2. The van der Waals surface area contributed by atoms with Gasteiger partial charge in [-0.1, -0.05) is 45.4 Å². The number of benzene rings is 1. The second-order valence-corrected chi connectivity index (χ2v) is 11.9. The smallest absolute Gasteiger partial charge is 0.233 e. The van der Waals surface area contributed by atoms with Crippen molar-refractivity contribution in [3.8, 4) is 5.75 Å². The number of carbonyl (C=O) groups is 1. The fourth-order valence-electron chi connectivity index (χ4n) is 5.68. The van der Waals surface area contributed by atoms with Crippen molar-refractivity contribution in [2.75, 3.05) is 46.6 Å². The monoisotopic (exact) mass is 583 g/mol. The second-order valence-electron chi connectivity index (χ2n) is 11.9. The van der Waals surface area contributed by atoms with Gasteiger partial charge < -0.3 is 48.5 Å². The third-order valence-electron chi connectivity index (χ3n) is 7.74. The molecule has 2 aliphatic rings. The van der Waals surface area contributed by atoms with Crippen LogP contribution in [-0.2, 0) is 4.79 Å². The molecule has 2 aromatic rings. The van der Waals surface area contributed by atoms with Gasteiger partial charge in [-0.05, 0) is 31.4 Å². The Labute approximate surface area is 248 Å². The number of unbranched alkanes of at least 4 members (excludes halogenated alkanes) is 6. The van der Waals surface area contributed by atoms with Crippen LogP contribution in [0.3, 0.4) is 0 Å². The van der Waals surface area contributed by atoms with E-state index in [2.05, 4.69) is 27.5 Å². The van der Waals surface area contributed by atoms with Crippen molar-refractivity contribution in [2.24, 2.45) is 22.9 Å². The fourth-order valence-corrected chi connectivity index (χ4v) is 5.68. The van der Waals surface area contributed by atoms with Crippen LogP contribution in [0.25, 0.3) is 0 Å². The van der Waals surface area contributed by atoms with Gasteiger partial charge in [0.05, 0.1) is 5.69 Å². The first kappa shape index (κ1) is 31.7. The predicted octanol–water partition coefficient (Wildman–Crippen LogP) is 2.13. The number of amides is 1. The number of anilines is 5. The molecule has 0 aliphatic carbocycles. The molecule has 1 aromatic heterocycles. The Bertz CT molecular complexity index is 1100. The van der Waals surface area contributed by atoms with Crippen LogP contribution in [0.1, 0.15) is 71.1 Å². The second kappa shape index (κ2) is 15.3. The lowest BCUT2D eigenvalue weighted by molar-refractivity contribution is -0.116. The maximum Gasteiger partial charge on any atom is 0.233 e. The van der Waals surface area contributed by atoms with E-state index >= 15 is 0 Å². The van der Waals surface area contributed by atoms with Gasteiger partial charge >= 0.3 is 0 Å². The van der Waals surface area contributed by atoms with Crippen LogP contribution in [0.2, 0.25) is 0 Å². The Morgan fingerprint density at radius 1 is 0.833 bits per heavy atom. The number of carbonyl (C=O) groups excluding carboxylic acids is 1. The van der Waals surface area contributed by atoms with Gasteiger partial charge in [-0.15, -0.1) is 0 Å². The molecule has 2 saturated heterocycles. The number of phenols is 1. The molecule has 11 N–H and O–H groups in total. The van der Waals surface area contributed by atoms with E-state index < -0.39 is 0 Å². The van der Waals surface area contributed by atoms with E-state index in [-0.39, 0.29) is 35.8 Å². The zero-order chi connectivity index (χ0) is 30.1. The first-order valence-corrected chi connectivity index (χ1v) is 15.4. The summed E-state index contributed by atoms with van der Waals surface area (Å²) in [7, 11) is 0. The molecule has 1 amide bonds. The number of nitrogens with two attached hydrogens (primary N) is 4. The Morgan fingerprint density at radius 2 is 1.36 bits per heavy atom. The van der Waals surface area contributed by atoms with Crippen molar-refractivity contribution in [3.63, 3.8) is 0 Å². The standard InChI is InChI=1S/C29H49N11O2/c1-2-3-4-5-6-7-8-9-26(42)35-24-11-10-23(14-25(24)41)34-27-36-28(39-15-19(30)12-20(31)16-39)38-29(37-27)40-17-21(32)13-22(33)18-40/h10-11,14,19-22,41H,2-9,12-13,15-18,30-33H2,1H3,(H,35,42)(H,34,36,37,38)/t19-,20+,21-,22+. The van der Waals surface area contributed by atoms with Crippen LogP contribution in [0.15, 0.2) is 18.2 Å². The number of nitrogens with zero attached hydrogens (tertiary/aromatic N) is 5. The van der Waals surface area contributed by atoms with Crippen LogP contribution in [0, 0.1) is 0 Å². The normalized spacial score (nSPS) is 22.7. The van der Waals surface area contributed by atoms with E-state index in [4.69, 9.17) is 27.9 Å². The number of phenolic OH excluding ortho intramolecular Hbond substituents is 1. The molecule has 0 unspecified atom stereocenters. The molecule has 3 heterocycles. The van der Waals surface area contributed by atoms with Crippen molar-refractivity contribution < 1.29 is 9.90 Å². The third-order valence-corrected chi connectivity index (χ3v) is 7.74. The molecule has 13 nitrogen and oxygen atoms in total. The number of hydrogen-bond acceptors (Lipinski definition) is 12. The van der Waals surface area contributed by atoms with Gasteiger partial charge in [-0.25, -0.2) is 0 Å². The molecule has 2 aliphatic heterocycles. The van der Waals surface area contributed by atoms with Crippen LogP contribution in [-0.4, -0.2) is 76.3 Å². The Balaban J connectivity index is 1.44. The topological polar surface area (TPSA) is 211 Å². The minimum atomic E-state index is -0.109. The largest absolute Gasteiger partial charge is 0.506 e. The molecule has 2 fully saturated rings. The third kappa shape index (κ3) is 9.38. The van der Waals surface area contributed by atoms with Crippen molar-refractivity contribution >= 4 is 35.1 Å². The number of nitrogens with one attached hydrogen (secondary N) is 2.